The highest BCUT2D eigenvalue weighted by molar-refractivity contribution is 4.92. The van der Waals surface area contributed by atoms with Gasteiger partial charge in [-0.05, 0) is 33.7 Å². The highest BCUT2D eigenvalue weighted by atomic mass is 16.5. The van der Waals surface area contributed by atoms with Crippen LogP contribution in [-0.2, 0) is 4.74 Å². The van der Waals surface area contributed by atoms with Crippen molar-refractivity contribution < 1.29 is 4.74 Å². The number of piperidine rings is 1. The molecule has 0 aromatic heterocycles. The minimum absolute atomic E-state index is 0. The Labute approximate surface area is 101 Å². The largest absolute Gasteiger partial charge is 0.372 e. The Kier molecular flexibility index (Phi) is 4.77. The van der Waals surface area contributed by atoms with Gasteiger partial charge in [0.2, 0.25) is 0 Å². The van der Waals surface area contributed by atoms with Gasteiger partial charge in [-0.1, -0.05) is 7.43 Å². The first-order valence-electron chi connectivity index (χ1n) is 6.18. The van der Waals surface area contributed by atoms with Gasteiger partial charge in [0.1, 0.15) is 0 Å². The third-order valence-electron chi connectivity index (χ3n) is 3.88. The topological polar surface area (TPSA) is 15.7 Å². The van der Waals surface area contributed by atoms with E-state index >= 15 is 0 Å². The summed E-state index contributed by atoms with van der Waals surface area (Å²) < 4.78 is 6.04. The zero-order chi connectivity index (χ0) is 10.9. The van der Waals surface area contributed by atoms with Crippen molar-refractivity contribution in [3.8, 4) is 0 Å². The van der Waals surface area contributed by atoms with Crippen molar-refractivity contribution in [3.05, 3.63) is 0 Å². The molecule has 2 saturated heterocycles. The summed E-state index contributed by atoms with van der Waals surface area (Å²) in [6.45, 7) is 10.1. The average Bonchev–Trinajstić information content (AvgIpc) is 2.18. The van der Waals surface area contributed by atoms with E-state index in [1.165, 1.54) is 25.9 Å². The fraction of sp³-hybridized carbons (Fsp3) is 1.00. The molecule has 96 valence electrons. The van der Waals surface area contributed by atoms with Crippen LogP contribution >= 0.6 is 0 Å². The molecule has 2 heterocycles. The van der Waals surface area contributed by atoms with Gasteiger partial charge in [0.25, 0.3) is 0 Å². The lowest BCUT2D eigenvalue weighted by Gasteiger charge is -2.47. The van der Waals surface area contributed by atoms with Crippen LogP contribution in [0.15, 0.2) is 0 Å². The Bertz CT molecular complexity index is 210. The van der Waals surface area contributed by atoms with Crippen molar-refractivity contribution in [3.63, 3.8) is 0 Å². The van der Waals surface area contributed by atoms with Crippen molar-refractivity contribution in [1.82, 2.24) is 9.80 Å². The van der Waals surface area contributed by atoms with Crippen LogP contribution in [0.1, 0.15) is 34.1 Å². The van der Waals surface area contributed by atoms with Gasteiger partial charge in [-0.2, -0.15) is 0 Å². The Balaban J connectivity index is 0.00000128. The second kappa shape index (κ2) is 5.48. The van der Waals surface area contributed by atoms with Gasteiger partial charge >= 0.3 is 0 Å². The fourth-order valence-corrected chi connectivity index (χ4v) is 2.78. The molecule has 3 nitrogen and oxygen atoms in total. The lowest BCUT2D eigenvalue weighted by molar-refractivity contribution is -0.132. The van der Waals surface area contributed by atoms with Crippen LogP contribution in [0.4, 0.5) is 0 Å². The van der Waals surface area contributed by atoms with Crippen molar-refractivity contribution in [1.29, 1.82) is 0 Å². The van der Waals surface area contributed by atoms with E-state index in [0.717, 1.165) is 19.7 Å². The maximum Gasteiger partial charge on any atom is 0.0833 e. The number of likely N-dealkylation sites (tertiary alicyclic amines) is 1. The van der Waals surface area contributed by atoms with E-state index in [1.54, 1.807) is 0 Å². The molecule has 0 amide bonds. The number of hydrogen-bond acceptors (Lipinski definition) is 3. The molecule has 0 N–H and O–H groups in total. The molecule has 3 heteroatoms. The van der Waals surface area contributed by atoms with E-state index < -0.39 is 0 Å². The molecule has 2 rings (SSSR count). The van der Waals surface area contributed by atoms with Gasteiger partial charge in [-0.25, -0.2) is 0 Å². The molecule has 0 radical (unpaired) electrons. The molecule has 0 aromatic carbocycles. The van der Waals surface area contributed by atoms with Crippen LogP contribution in [0, 0.1) is 0 Å². The van der Waals surface area contributed by atoms with E-state index in [0.29, 0.717) is 6.04 Å². The Hall–Kier alpha value is -0.120. The predicted molar refractivity (Wildman–Crippen MR) is 68.9 cm³/mol. The molecule has 1 spiro atoms. The first-order chi connectivity index (χ1) is 7.11. The molecule has 2 fully saturated rings. The molecular weight excluding hydrogens is 200 g/mol. The van der Waals surface area contributed by atoms with Crippen LogP contribution in [0.3, 0.4) is 0 Å². The zero-order valence-electron chi connectivity index (χ0n) is 10.3. The summed E-state index contributed by atoms with van der Waals surface area (Å²) >= 11 is 0. The van der Waals surface area contributed by atoms with Crippen LogP contribution in [0.5, 0.6) is 0 Å². The van der Waals surface area contributed by atoms with E-state index in [2.05, 4.69) is 30.7 Å². The molecule has 0 atom stereocenters. The van der Waals surface area contributed by atoms with Crippen LogP contribution in [0.25, 0.3) is 0 Å². The number of hydrogen-bond donors (Lipinski definition) is 0. The van der Waals surface area contributed by atoms with Crippen molar-refractivity contribution >= 4 is 0 Å². The number of rotatable bonds is 1. The minimum Gasteiger partial charge on any atom is -0.372 e. The quantitative estimate of drug-likeness (QED) is 0.681. The smallest absolute Gasteiger partial charge is 0.0833 e. The normalized spacial score (nSPS) is 27.0. The molecule has 2 aliphatic rings. The second-order valence-electron chi connectivity index (χ2n) is 5.40. The Morgan fingerprint density at radius 1 is 1.12 bits per heavy atom. The molecule has 2 aliphatic heterocycles. The SMILES string of the molecule is C.CC(C)N1CCC2(CC1)CN(C)CCO2. The number of nitrogens with zero attached hydrogens (tertiary/aromatic N) is 2. The van der Waals surface area contributed by atoms with Crippen LogP contribution in [-0.4, -0.2) is 61.3 Å². The number of ether oxygens (including phenoxy) is 1. The summed E-state index contributed by atoms with van der Waals surface area (Å²) in [4.78, 5) is 4.97. The molecule has 0 saturated carbocycles. The maximum atomic E-state index is 6.04. The average molecular weight is 228 g/mol. The predicted octanol–water partition coefficient (Wildman–Crippen LogP) is 1.83. The molecule has 0 aromatic rings. The van der Waals surface area contributed by atoms with Crippen molar-refractivity contribution in [2.24, 2.45) is 0 Å². The highest BCUT2D eigenvalue weighted by Gasteiger charge is 2.38. The summed E-state index contributed by atoms with van der Waals surface area (Å²) in [7, 11) is 2.21. The first-order valence-corrected chi connectivity index (χ1v) is 6.18. The van der Waals surface area contributed by atoms with Crippen LogP contribution in [0.2, 0.25) is 0 Å². The molecular formula is C13H28N2O. The minimum atomic E-state index is 0. The summed E-state index contributed by atoms with van der Waals surface area (Å²) in [6.07, 6.45) is 2.41. The van der Waals surface area contributed by atoms with E-state index in [9.17, 15) is 0 Å². The Morgan fingerprint density at radius 3 is 2.25 bits per heavy atom. The lowest BCUT2D eigenvalue weighted by Crippen LogP contribution is -2.56. The van der Waals surface area contributed by atoms with E-state index in [4.69, 9.17) is 4.74 Å². The first kappa shape index (κ1) is 13.9. The molecule has 0 aliphatic carbocycles. The molecule has 0 unspecified atom stereocenters. The van der Waals surface area contributed by atoms with Gasteiger partial charge in [-0.15, -0.1) is 0 Å². The van der Waals surface area contributed by atoms with Crippen LogP contribution < -0.4 is 0 Å². The third kappa shape index (κ3) is 2.96. The highest BCUT2D eigenvalue weighted by Crippen LogP contribution is 2.30. The number of likely N-dealkylation sites (N-methyl/N-ethyl adjacent to an activating group) is 1. The standard InChI is InChI=1S/C12H24N2O.CH4/c1-11(2)14-6-4-12(5-7-14)10-13(3)8-9-15-12;/h11H,4-10H2,1-3H3;1H4. The van der Waals surface area contributed by atoms with Gasteiger partial charge in [-0.3, -0.25) is 0 Å². The Morgan fingerprint density at radius 2 is 1.75 bits per heavy atom. The second-order valence-corrected chi connectivity index (χ2v) is 5.40. The zero-order valence-corrected chi connectivity index (χ0v) is 10.3. The monoisotopic (exact) mass is 228 g/mol. The van der Waals surface area contributed by atoms with Crippen molar-refractivity contribution in [2.45, 2.75) is 45.8 Å². The van der Waals surface area contributed by atoms with Crippen molar-refractivity contribution in [2.75, 3.05) is 39.8 Å². The molecule has 16 heavy (non-hydrogen) atoms. The molecule has 0 bridgehead atoms. The summed E-state index contributed by atoms with van der Waals surface area (Å²) in [5.74, 6) is 0. The fourth-order valence-electron chi connectivity index (χ4n) is 2.78. The summed E-state index contributed by atoms with van der Waals surface area (Å²) in [5, 5.41) is 0. The van der Waals surface area contributed by atoms with Gasteiger partial charge in [0, 0.05) is 32.2 Å². The third-order valence-corrected chi connectivity index (χ3v) is 3.88. The van der Waals surface area contributed by atoms with Gasteiger partial charge in [0.15, 0.2) is 0 Å². The summed E-state index contributed by atoms with van der Waals surface area (Å²) in [5.41, 5.74) is 0.179. The van der Waals surface area contributed by atoms with Gasteiger partial charge < -0.3 is 14.5 Å². The number of morpholine rings is 1. The van der Waals surface area contributed by atoms with E-state index in [1.807, 2.05) is 0 Å². The van der Waals surface area contributed by atoms with Gasteiger partial charge in [0.05, 0.1) is 12.2 Å². The van der Waals surface area contributed by atoms with E-state index in [-0.39, 0.29) is 13.0 Å². The lowest BCUT2D eigenvalue weighted by atomic mass is 9.89. The maximum absolute atomic E-state index is 6.04. The summed E-state index contributed by atoms with van der Waals surface area (Å²) in [6, 6.07) is 0.684.